The maximum absolute atomic E-state index is 9.25. The number of aliphatic carboxylic acids is 2. The predicted molar refractivity (Wildman–Crippen MR) is 64.4 cm³/mol. The Labute approximate surface area is 106 Å². The SMILES string of the molecule is C1CC2OCCC2O1.C=CC(=O)O.C=CC(=O)O. The standard InChI is InChI=1S/C6H10O2.2C3H4O2/c1-3-7-6-2-4-8-5(1)6;2*1-2-3(4)5/h5-6H,1-4H2;2*2H,1H2,(H,4,5). The molecule has 6 nitrogen and oxygen atoms in total. The van der Waals surface area contributed by atoms with Crippen molar-refractivity contribution >= 4 is 11.9 Å². The second-order valence-corrected chi connectivity index (χ2v) is 3.48. The van der Waals surface area contributed by atoms with Gasteiger partial charge in [0.2, 0.25) is 0 Å². The number of rotatable bonds is 2. The molecule has 2 fully saturated rings. The lowest BCUT2D eigenvalue weighted by molar-refractivity contribution is -0.132. The van der Waals surface area contributed by atoms with Crippen molar-refractivity contribution in [2.45, 2.75) is 25.0 Å². The lowest BCUT2D eigenvalue weighted by Gasteiger charge is -2.03. The fraction of sp³-hybridized carbons (Fsp3) is 0.500. The Bertz CT molecular complexity index is 261. The molecule has 0 bridgehead atoms. The third-order valence-corrected chi connectivity index (χ3v) is 2.23. The minimum atomic E-state index is -0.981. The van der Waals surface area contributed by atoms with Gasteiger partial charge in [-0.05, 0) is 12.8 Å². The molecule has 2 heterocycles. The van der Waals surface area contributed by atoms with Crippen LogP contribution in [0.3, 0.4) is 0 Å². The molecule has 18 heavy (non-hydrogen) atoms. The first kappa shape index (κ1) is 16.3. The molecule has 0 amide bonds. The van der Waals surface area contributed by atoms with Crippen molar-refractivity contribution in [3.05, 3.63) is 25.3 Å². The van der Waals surface area contributed by atoms with Crippen LogP contribution in [0.5, 0.6) is 0 Å². The summed E-state index contributed by atoms with van der Waals surface area (Å²) in [7, 11) is 0. The maximum atomic E-state index is 9.25. The molecule has 0 radical (unpaired) electrons. The Hall–Kier alpha value is -1.66. The lowest BCUT2D eigenvalue weighted by atomic mass is 10.2. The van der Waals surface area contributed by atoms with Gasteiger partial charge < -0.3 is 19.7 Å². The zero-order valence-electron chi connectivity index (χ0n) is 10.1. The largest absolute Gasteiger partial charge is 0.478 e. The number of carboxylic acids is 2. The van der Waals surface area contributed by atoms with E-state index in [9.17, 15) is 9.59 Å². The van der Waals surface area contributed by atoms with E-state index in [-0.39, 0.29) is 0 Å². The number of ether oxygens (including phenoxy) is 2. The summed E-state index contributed by atoms with van der Waals surface area (Å²) in [6.07, 6.45) is 4.81. The molecule has 2 unspecified atom stereocenters. The fourth-order valence-electron chi connectivity index (χ4n) is 1.42. The van der Waals surface area contributed by atoms with E-state index in [1.165, 1.54) is 0 Å². The van der Waals surface area contributed by atoms with Crippen molar-refractivity contribution < 1.29 is 29.3 Å². The molecular formula is C12H18O6. The summed E-state index contributed by atoms with van der Waals surface area (Å²) in [6, 6.07) is 0. The van der Waals surface area contributed by atoms with Crippen molar-refractivity contribution in [1.82, 2.24) is 0 Å². The number of hydrogen-bond donors (Lipinski definition) is 2. The topological polar surface area (TPSA) is 93.1 Å². The smallest absolute Gasteiger partial charge is 0.327 e. The number of hydrogen-bond acceptors (Lipinski definition) is 4. The number of carbonyl (C=O) groups is 2. The van der Waals surface area contributed by atoms with Crippen LogP contribution in [0.15, 0.2) is 25.3 Å². The predicted octanol–water partition coefficient (Wildman–Crippen LogP) is 1.08. The molecule has 0 aromatic heterocycles. The van der Waals surface area contributed by atoms with Gasteiger partial charge in [-0.15, -0.1) is 0 Å². The van der Waals surface area contributed by atoms with Crippen LogP contribution in [0.2, 0.25) is 0 Å². The minimum absolute atomic E-state index is 0.454. The first-order valence-corrected chi connectivity index (χ1v) is 5.45. The summed E-state index contributed by atoms with van der Waals surface area (Å²) in [6.45, 7) is 7.75. The first-order valence-electron chi connectivity index (χ1n) is 5.45. The highest BCUT2D eigenvalue weighted by Crippen LogP contribution is 2.25. The number of carboxylic acid groups (broad SMARTS) is 2. The van der Waals surface area contributed by atoms with Crippen LogP contribution in [-0.4, -0.2) is 47.6 Å². The number of fused-ring (bicyclic) bond motifs is 1. The van der Waals surface area contributed by atoms with Crippen LogP contribution < -0.4 is 0 Å². The molecular weight excluding hydrogens is 240 g/mol. The summed E-state index contributed by atoms with van der Waals surface area (Å²) in [4.78, 5) is 18.5. The first-order chi connectivity index (χ1) is 8.51. The van der Waals surface area contributed by atoms with Crippen LogP contribution in [0.4, 0.5) is 0 Å². The molecule has 2 N–H and O–H groups in total. The Morgan fingerprint density at radius 2 is 1.22 bits per heavy atom. The van der Waals surface area contributed by atoms with Crippen molar-refractivity contribution in [2.75, 3.05) is 13.2 Å². The molecule has 0 aromatic carbocycles. The highest BCUT2D eigenvalue weighted by Gasteiger charge is 2.33. The molecule has 0 aromatic rings. The van der Waals surface area contributed by atoms with Crippen molar-refractivity contribution in [3.63, 3.8) is 0 Å². The highest BCUT2D eigenvalue weighted by atomic mass is 16.6. The zero-order chi connectivity index (χ0) is 14.0. The van der Waals surface area contributed by atoms with E-state index in [0.29, 0.717) is 12.2 Å². The van der Waals surface area contributed by atoms with Gasteiger partial charge in [-0.2, -0.15) is 0 Å². The summed E-state index contributed by atoms with van der Waals surface area (Å²) in [5, 5.41) is 15.2. The van der Waals surface area contributed by atoms with E-state index >= 15 is 0 Å². The van der Waals surface area contributed by atoms with Crippen molar-refractivity contribution in [1.29, 1.82) is 0 Å². The monoisotopic (exact) mass is 258 g/mol. The van der Waals surface area contributed by atoms with Crippen LogP contribution in [0.1, 0.15) is 12.8 Å². The fourth-order valence-corrected chi connectivity index (χ4v) is 1.42. The normalized spacial score (nSPS) is 23.6. The van der Waals surface area contributed by atoms with Crippen LogP contribution >= 0.6 is 0 Å². The van der Waals surface area contributed by atoms with E-state index < -0.39 is 11.9 Å². The van der Waals surface area contributed by atoms with E-state index in [1.807, 2.05) is 0 Å². The average Bonchev–Trinajstić information content (AvgIpc) is 2.93. The molecule has 0 saturated carbocycles. The zero-order valence-corrected chi connectivity index (χ0v) is 10.1. The summed E-state index contributed by atoms with van der Waals surface area (Å²) < 4.78 is 10.7. The summed E-state index contributed by atoms with van der Waals surface area (Å²) >= 11 is 0. The Balaban J connectivity index is 0.000000258. The van der Waals surface area contributed by atoms with Gasteiger partial charge in [0.1, 0.15) is 0 Å². The lowest BCUT2D eigenvalue weighted by Crippen LogP contribution is -2.13. The van der Waals surface area contributed by atoms with Gasteiger partial charge in [0.05, 0.1) is 12.2 Å². The van der Waals surface area contributed by atoms with Gasteiger partial charge in [0, 0.05) is 25.4 Å². The molecule has 2 aliphatic heterocycles. The molecule has 2 saturated heterocycles. The van der Waals surface area contributed by atoms with E-state index in [4.69, 9.17) is 19.7 Å². The second kappa shape index (κ2) is 9.38. The Morgan fingerprint density at radius 3 is 1.44 bits per heavy atom. The molecule has 0 spiro atoms. The van der Waals surface area contributed by atoms with E-state index in [0.717, 1.165) is 38.2 Å². The van der Waals surface area contributed by atoms with Gasteiger partial charge >= 0.3 is 11.9 Å². The van der Waals surface area contributed by atoms with Crippen LogP contribution in [-0.2, 0) is 19.1 Å². The maximum Gasteiger partial charge on any atom is 0.327 e. The minimum Gasteiger partial charge on any atom is -0.478 e. The van der Waals surface area contributed by atoms with Crippen molar-refractivity contribution in [3.8, 4) is 0 Å². The van der Waals surface area contributed by atoms with E-state index in [1.54, 1.807) is 0 Å². The van der Waals surface area contributed by atoms with Gasteiger partial charge in [-0.3, -0.25) is 0 Å². The molecule has 2 aliphatic rings. The van der Waals surface area contributed by atoms with Gasteiger partial charge in [-0.1, -0.05) is 13.2 Å². The Morgan fingerprint density at radius 1 is 0.944 bits per heavy atom. The molecule has 6 heteroatoms. The molecule has 2 rings (SSSR count). The molecule has 2 atom stereocenters. The average molecular weight is 258 g/mol. The Kier molecular flexibility index (Phi) is 8.51. The van der Waals surface area contributed by atoms with E-state index in [2.05, 4.69) is 13.2 Å². The quantitative estimate of drug-likeness (QED) is 0.720. The third kappa shape index (κ3) is 7.59. The van der Waals surface area contributed by atoms with Crippen LogP contribution in [0.25, 0.3) is 0 Å². The highest BCUT2D eigenvalue weighted by molar-refractivity contribution is 5.79. The van der Waals surface area contributed by atoms with Gasteiger partial charge in [-0.25, -0.2) is 9.59 Å². The van der Waals surface area contributed by atoms with Crippen LogP contribution in [0, 0.1) is 0 Å². The van der Waals surface area contributed by atoms with Gasteiger partial charge in [0.15, 0.2) is 0 Å². The molecule has 0 aliphatic carbocycles. The summed E-state index contributed by atoms with van der Waals surface area (Å²) in [5.41, 5.74) is 0. The molecule has 102 valence electrons. The third-order valence-electron chi connectivity index (χ3n) is 2.23. The van der Waals surface area contributed by atoms with Crippen molar-refractivity contribution in [2.24, 2.45) is 0 Å². The summed E-state index contributed by atoms with van der Waals surface area (Å²) in [5.74, 6) is -1.96. The second-order valence-electron chi connectivity index (χ2n) is 3.48. The van der Waals surface area contributed by atoms with Gasteiger partial charge in [0.25, 0.3) is 0 Å².